The van der Waals surface area contributed by atoms with E-state index in [0.717, 1.165) is 6.42 Å². The molecule has 1 rings (SSSR count). The minimum atomic E-state index is -0.783. The maximum Gasteiger partial charge on any atom is 0.306 e. The molecule has 1 aliphatic rings. The molecule has 0 unspecified atom stereocenters. The zero-order valence-electron chi connectivity index (χ0n) is 12.8. The molecule has 0 spiro atoms. The molecule has 7 heteroatoms. The average molecular weight is 299 g/mol. The van der Waals surface area contributed by atoms with E-state index in [2.05, 4.69) is 5.32 Å². The number of hydrogen-bond acceptors (Lipinski definition) is 4. The smallest absolute Gasteiger partial charge is 0.306 e. The molecule has 21 heavy (non-hydrogen) atoms. The Hall–Kier alpha value is -1.63. The fourth-order valence-corrected chi connectivity index (χ4v) is 2.48. The van der Waals surface area contributed by atoms with Crippen molar-refractivity contribution in [3.63, 3.8) is 0 Å². The van der Waals surface area contributed by atoms with Gasteiger partial charge >= 0.3 is 5.97 Å². The van der Waals surface area contributed by atoms with Crippen molar-refractivity contribution in [2.45, 2.75) is 26.2 Å². The molecule has 0 aromatic heterocycles. The molecular weight excluding hydrogens is 274 g/mol. The van der Waals surface area contributed by atoms with Gasteiger partial charge in [-0.25, -0.2) is 0 Å². The van der Waals surface area contributed by atoms with E-state index >= 15 is 0 Å². The predicted molar refractivity (Wildman–Crippen MR) is 77.7 cm³/mol. The number of piperidine rings is 1. The number of amides is 2. The Labute approximate surface area is 125 Å². The molecule has 0 atom stereocenters. The highest BCUT2D eigenvalue weighted by Gasteiger charge is 2.27. The van der Waals surface area contributed by atoms with Crippen LogP contribution in [-0.4, -0.2) is 72.5 Å². The summed E-state index contributed by atoms with van der Waals surface area (Å²) in [7, 11) is 1.57. The van der Waals surface area contributed by atoms with Crippen LogP contribution in [-0.2, 0) is 14.4 Å². The monoisotopic (exact) mass is 299 g/mol. The molecule has 0 aromatic carbocycles. The van der Waals surface area contributed by atoms with Crippen LogP contribution in [0.1, 0.15) is 26.2 Å². The molecule has 2 amide bonds. The molecule has 1 heterocycles. The van der Waals surface area contributed by atoms with E-state index < -0.39 is 5.97 Å². The molecule has 0 aromatic rings. The van der Waals surface area contributed by atoms with Gasteiger partial charge in [0, 0.05) is 20.1 Å². The Balaban J connectivity index is 2.46. The second-order valence-corrected chi connectivity index (χ2v) is 5.38. The lowest BCUT2D eigenvalue weighted by Gasteiger charge is -2.32. The van der Waals surface area contributed by atoms with Crippen molar-refractivity contribution in [2.75, 3.05) is 39.8 Å². The number of hydrogen-bond donors (Lipinski definition) is 2. The molecule has 1 saturated heterocycles. The lowest BCUT2D eigenvalue weighted by Crippen LogP contribution is -2.47. The fraction of sp³-hybridized carbons (Fsp3) is 0.786. The molecule has 1 aliphatic heterocycles. The minimum Gasteiger partial charge on any atom is -0.481 e. The summed E-state index contributed by atoms with van der Waals surface area (Å²) in [4.78, 5) is 38.1. The van der Waals surface area contributed by atoms with Crippen LogP contribution < -0.4 is 5.32 Å². The first kappa shape index (κ1) is 17.4. The molecule has 7 nitrogen and oxygen atoms in total. The van der Waals surface area contributed by atoms with E-state index in [1.54, 1.807) is 11.9 Å². The Morgan fingerprint density at radius 1 is 1.24 bits per heavy atom. The number of carbonyl (C=O) groups is 3. The Morgan fingerprint density at radius 3 is 2.33 bits per heavy atom. The zero-order valence-corrected chi connectivity index (χ0v) is 12.8. The number of nitrogens with one attached hydrogen (secondary N) is 1. The van der Waals surface area contributed by atoms with Crippen LogP contribution in [0.2, 0.25) is 0 Å². The number of carboxylic acids is 1. The van der Waals surface area contributed by atoms with E-state index in [1.807, 2.05) is 11.8 Å². The largest absolute Gasteiger partial charge is 0.481 e. The SMILES string of the molecule is CCCN(CC(=O)NC)CC(=O)N1CCC(C(=O)O)CC1. The number of likely N-dealkylation sites (tertiary alicyclic amines) is 1. The first-order valence-electron chi connectivity index (χ1n) is 7.41. The molecule has 0 bridgehead atoms. The van der Waals surface area contributed by atoms with Crippen molar-refractivity contribution >= 4 is 17.8 Å². The second kappa shape index (κ2) is 8.61. The maximum atomic E-state index is 12.2. The van der Waals surface area contributed by atoms with Gasteiger partial charge in [-0.3, -0.25) is 19.3 Å². The van der Waals surface area contributed by atoms with Crippen LogP contribution in [0, 0.1) is 5.92 Å². The molecule has 0 radical (unpaired) electrons. The van der Waals surface area contributed by atoms with E-state index in [-0.39, 0.29) is 30.8 Å². The third-order valence-corrected chi connectivity index (χ3v) is 3.74. The number of carboxylic acid groups (broad SMARTS) is 1. The molecule has 120 valence electrons. The van der Waals surface area contributed by atoms with Crippen LogP contribution in [0.15, 0.2) is 0 Å². The summed E-state index contributed by atoms with van der Waals surface area (Å²) in [5.41, 5.74) is 0. The van der Waals surface area contributed by atoms with Gasteiger partial charge in [0.1, 0.15) is 0 Å². The van der Waals surface area contributed by atoms with Crippen molar-refractivity contribution in [1.82, 2.24) is 15.1 Å². The number of aliphatic carboxylic acids is 1. The number of nitrogens with zero attached hydrogens (tertiary/aromatic N) is 2. The summed E-state index contributed by atoms with van der Waals surface area (Å²) in [6, 6.07) is 0. The van der Waals surface area contributed by atoms with Crippen LogP contribution in [0.5, 0.6) is 0 Å². The summed E-state index contributed by atoms with van der Waals surface area (Å²) in [5.74, 6) is -1.27. The average Bonchev–Trinajstić information content (AvgIpc) is 2.47. The van der Waals surface area contributed by atoms with Gasteiger partial charge in [0.05, 0.1) is 19.0 Å². The predicted octanol–water partition coefficient (Wildman–Crippen LogP) is -0.232. The Bertz CT molecular complexity index is 378. The highest BCUT2D eigenvalue weighted by atomic mass is 16.4. The quantitative estimate of drug-likeness (QED) is 0.677. The first-order valence-corrected chi connectivity index (χ1v) is 7.41. The van der Waals surface area contributed by atoms with E-state index in [4.69, 9.17) is 5.11 Å². The first-order chi connectivity index (χ1) is 9.97. The van der Waals surface area contributed by atoms with Gasteiger partial charge in [-0.1, -0.05) is 6.92 Å². The second-order valence-electron chi connectivity index (χ2n) is 5.38. The molecule has 0 saturated carbocycles. The summed E-state index contributed by atoms with van der Waals surface area (Å²) >= 11 is 0. The van der Waals surface area contributed by atoms with Crippen molar-refractivity contribution in [2.24, 2.45) is 5.92 Å². The minimum absolute atomic E-state index is 0.0313. The van der Waals surface area contributed by atoms with Crippen LogP contribution in [0.3, 0.4) is 0 Å². The van der Waals surface area contributed by atoms with Gasteiger partial charge in [-0.05, 0) is 25.8 Å². The summed E-state index contributed by atoms with van der Waals surface area (Å²) in [6.07, 6.45) is 1.87. The van der Waals surface area contributed by atoms with Crippen molar-refractivity contribution in [1.29, 1.82) is 0 Å². The van der Waals surface area contributed by atoms with Gasteiger partial charge in [0.15, 0.2) is 0 Å². The molecule has 2 N–H and O–H groups in total. The van der Waals surface area contributed by atoms with Crippen molar-refractivity contribution < 1.29 is 19.5 Å². The van der Waals surface area contributed by atoms with Gasteiger partial charge in [-0.2, -0.15) is 0 Å². The highest BCUT2D eigenvalue weighted by molar-refractivity contribution is 5.81. The topological polar surface area (TPSA) is 90.0 Å². The van der Waals surface area contributed by atoms with Crippen molar-refractivity contribution in [3.8, 4) is 0 Å². The third kappa shape index (κ3) is 5.71. The van der Waals surface area contributed by atoms with E-state index in [1.165, 1.54) is 0 Å². The Kier molecular flexibility index (Phi) is 7.14. The van der Waals surface area contributed by atoms with E-state index in [0.29, 0.717) is 32.5 Å². The van der Waals surface area contributed by atoms with Crippen molar-refractivity contribution in [3.05, 3.63) is 0 Å². The number of likely N-dealkylation sites (N-methyl/N-ethyl adjacent to an activating group) is 1. The molecule has 1 fully saturated rings. The van der Waals surface area contributed by atoms with Crippen LogP contribution in [0.4, 0.5) is 0 Å². The van der Waals surface area contributed by atoms with Gasteiger partial charge < -0.3 is 15.3 Å². The number of carbonyl (C=O) groups excluding carboxylic acids is 2. The molecular formula is C14H25N3O4. The summed E-state index contributed by atoms with van der Waals surface area (Å²) in [5, 5.41) is 11.5. The van der Waals surface area contributed by atoms with Crippen LogP contribution >= 0.6 is 0 Å². The lowest BCUT2D eigenvalue weighted by atomic mass is 9.97. The fourth-order valence-electron chi connectivity index (χ4n) is 2.48. The van der Waals surface area contributed by atoms with Gasteiger partial charge in [0.25, 0.3) is 0 Å². The normalized spacial score (nSPS) is 16.0. The lowest BCUT2D eigenvalue weighted by molar-refractivity contribution is -0.146. The standard InChI is InChI=1S/C14H25N3O4/c1-3-6-16(9-12(18)15-2)10-13(19)17-7-4-11(5-8-17)14(20)21/h11H,3-10H2,1-2H3,(H,15,18)(H,20,21). The van der Waals surface area contributed by atoms with Gasteiger partial charge in [0.2, 0.25) is 11.8 Å². The zero-order chi connectivity index (χ0) is 15.8. The van der Waals surface area contributed by atoms with Crippen LogP contribution in [0.25, 0.3) is 0 Å². The summed E-state index contributed by atoms with van der Waals surface area (Å²) in [6.45, 7) is 4.07. The van der Waals surface area contributed by atoms with E-state index in [9.17, 15) is 14.4 Å². The Morgan fingerprint density at radius 2 is 1.86 bits per heavy atom. The maximum absolute atomic E-state index is 12.2. The third-order valence-electron chi connectivity index (χ3n) is 3.74. The highest BCUT2D eigenvalue weighted by Crippen LogP contribution is 2.17. The number of rotatable bonds is 7. The van der Waals surface area contributed by atoms with Gasteiger partial charge in [-0.15, -0.1) is 0 Å². The molecule has 0 aliphatic carbocycles. The summed E-state index contributed by atoms with van der Waals surface area (Å²) < 4.78 is 0.